The monoisotopic (exact) mass is 326 g/mol. The zero-order valence-electron chi connectivity index (χ0n) is 13.6. The molecule has 2 fully saturated rings. The van der Waals surface area contributed by atoms with Gasteiger partial charge in [0.25, 0.3) is 0 Å². The van der Waals surface area contributed by atoms with Crippen LogP contribution in [0.2, 0.25) is 0 Å². The molecule has 1 aromatic heterocycles. The molecule has 1 atom stereocenters. The van der Waals surface area contributed by atoms with Crippen molar-refractivity contribution in [1.29, 1.82) is 0 Å². The molecule has 6 nitrogen and oxygen atoms in total. The molecule has 6 heteroatoms. The Balaban J connectivity index is 1.53. The van der Waals surface area contributed by atoms with Crippen molar-refractivity contribution in [1.82, 2.24) is 15.5 Å². The van der Waals surface area contributed by atoms with E-state index in [4.69, 9.17) is 4.42 Å². The van der Waals surface area contributed by atoms with Crippen molar-refractivity contribution >= 4 is 11.9 Å². The second kappa shape index (κ2) is 6.63. The molecular weight excluding hydrogens is 304 g/mol. The van der Waals surface area contributed by atoms with Crippen LogP contribution in [-0.2, 0) is 11.2 Å². The van der Waals surface area contributed by atoms with E-state index >= 15 is 0 Å². The van der Waals surface area contributed by atoms with Gasteiger partial charge in [-0.3, -0.25) is 4.79 Å². The fraction of sp³-hybridized carbons (Fsp3) is 0.500. The highest BCUT2D eigenvalue weighted by Gasteiger charge is 2.33. The van der Waals surface area contributed by atoms with Crippen LogP contribution in [0.5, 0.6) is 0 Å². The van der Waals surface area contributed by atoms with Crippen LogP contribution in [0.1, 0.15) is 43.2 Å². The number of benzene rings is 1. The number of hydrogen-bond donors (Lipinski definition) is 1. The van der Waals surface area contributed by atoms with E-state index in [1.54, 1.807) is 0 Å². The Labute approximate surface area is 141 Å². The van der Waals surface area contributed by atoms with Crippen molar-refractivity contribution in [3.8, 4) is 0 Å². The highest BCUT2D eigenvalue weighted by molar-refractivity contribution is 5.81. The Morgan fingerprint density at radius 3 is 2.67 bits per heavy atom. The van der Waals surface area contributed by atoms with Crippen LogP contribution in [0, 0.1) is 5.92 Å². The number of amides is 1. The van der Waals surface area contributed by atoms with Crippen molar-refractivity contribution in [3.63, 3.8) is 0 Å². The average Bonchev–Trinajstić information content (AvgIpc) is 3.11. The lowest BCUT2D eigenvalue weighted by Crippen LogP contribution is -2.31. The van der Waals surface area contributed by atoms with Gasteiger partial charge in [-0.05, 0) is 31.2 Å². The predicted molar refractivity (Wildman–Crippen MR) is 89.5 cm³/mol. The van der Waals surface area contributed by atoms with Crippen LogP contribution in [0.4, 0.5) is 6.01 Å². The third-order valence-electron chi connectivity index (χ3n) is 4.65. The van der Waals surface area contributed by atoms with E-state index in [9.17, 15) is 4.79 Å². The zero-order chi connectivity index (χ0) is 16.4. The molecule has 2 aromatic rings. The van der Waals surface area contributed by atoms with Crippen LogP contribution in [0.3, 0.4) is 0 Å². The van der Waals surface area contributed by atoms with Gasteiger partial charge in [-0.25, -0.2) is 0 Å². The second-order valence-corrected chi connectivity index (χ2v) is 6.64. The molecule has 2 aliphatic rings. The minimum Gasteiger partial charge on any atom is -0.406 e. The molecule has 2 heterocycles. The van der Waals surface area contributed by atoms with Gasteiger partial charge in [-0.15, -0.1) is 5.10 Å². The molecule has 0 radical (unpaired) electrons. The standard InChI is InChI=1S/C18H22N4O2/c23-16(14-8-9-14)19-15(12-13-6-2-1-3-7-13)17-20-21-18(24-17)22-10-4-5-11-22/h1-3,6-7,14-15H,4-5,8-12H2,(H,19,23)/t15-/m0/s1. The van der Waals surface area contributed by atoms with Crippen molar-refractivity contribution in [2.45, 2.75) is 38.1 Å². The minimum atomic E-state index is -0.274. The maximum Gasteiger partial charge on any atom is 0.318 e. The van der Waals surface area contributed by atoms with Gasteiger partial charge in [0.2, 0.25) is 11.8 Å². The summed E-state index contributed by atoms with van der Waals surface area (Å²) in [5, 5.41) is 11.5. The number of hydrogen-bond acceptors (Lipinski definition) is 5. The number of carbonyl (C=O) groups is 1. The fourth-order valence-corrected chi connectivity index (χ4v) is 3.09. The van der Waals surface area contributed by atoms with Crippen molar-refractivity contribution in [2.75, 3.05) is 18.0 Å². The molecule has 24 heavy (non-hydrogen) atoms. The average molecular weight is 326 g/mol. The van der Waals surface area contributed by atoms with Gasteiger partial charge in [0.1, 0.15) is 6.04 Å². The maximum absolute atomic E-state index is 12.2. The first-order valence-corrected chi connectivity index (χ1v) is 8.72. The van der Waals surface area contributed by atoms with Crippen LogP contribution in [0.25, 0.3) is 0 Å². The highest BCUT2D eigenvalue weighted by atomic mass is 16.4. The molecule has 1 saturated carbocycles. The summed E-state index contributed by atoms with van der Waals surface area (Å²) in [4.78, 5) is 14.3. The molecule has 0 unspecified atom stereocenters. The Morgan fingerprint density at radius 1 is 1.21 bits per heavy atom. The summed E-state index contributed by atoms with van der Waals surface area (Å²) in [6.45, 7) is 1.92. The van der Waals surface area contributed by atoms with E-state index in [2.05, 4.69) is 20.4 Å². The summed E-state index contributed by atoms with van der Waals surface area (Å²) in [7, 11) is 0. The Morgan fingerprint density at radius 2 is 1.96 bits per heavy atom. The van der Waals surface area contributed by atoms with E-state index in [0.29, 0.717) is 18.3 Å². The molecular formula is C18H22N4O2. The molecule has 0 bridgehead atoms. The smallest absolute Gasteiger partial charge is 0.318 e. The summed E-state index contributed by atoms with van der Waals surface area (Å²) >= 11 is 0. The van der Waals surface area contributed by atoms with E-state index in [1.807, 2.05) is 30.3 Å². The third kappa shape index (κ3) is 3.42. The minimum absolute atomic E-state index is 0.0943. The Kier molecular flexibility index (Phi) is 4.19. The van der Waals surface area contributed by atoms with Gasteiger partial charge in [0, 0.05) is 25.4 Å². The van der Waals surface area contributed by atoms with E-state index in [0.717, 1.165) is 44.3 Å². The molecule has 1 saturated heterocycles. The van der Waals surface area contributed by atoms with Crippen molar-refractivity contribution < 1.29 is 9.21 Å². The van der Waals surface area contributed by atoms with Crippen molar-refractivity contribution in [2.24, 2.45) is 5.92 Å². The summed E-state index contributed by atoms with van der Waals surface area (Å²) in [5.74, 6) is 0.746. The number of aromatic nitrogens is 2. The Hall–Kier alpha value is -2.37. The van der Waals surface area contributed by atoms with Crippen LogP contribution >= 0.6 is 0 Å². The number of carbonyl (C=O) groups excluding carboxylic acids is 1. The maximum atomic E-state index is 12.2. The first kappa shape index (κ1) is 15.2. The lowest BCUT2D eigenvalue weighted by atomic mass is 10.1. The molecule has 126 valence electrons. The van der Waals surface area contributed by atoms with Gasteiger partial charge in [0.15, 0.2) is 0 Å². The highest BCUT2D eigenvalue weighted by Crippen LogP contribution is 2.30. The molecule has 0 spiro atoms. The summed E-state index contributed by atoms with van der Waals surface area (Å²) in [6.07, 6.45) is 4.92. The molecule has 1 amide bonds. The van der Waals surface area contributed by atoms with Crippen LogP contribution in [-0.4, -0.2) is 29.2 Å². The lowest BCUT2D eigenvalue weighted by molar-refractivity contribution is -0.123. The topological polar surface area (TPSA) is 71.3 Å². The van der Waals surface area contributed by atoms with Gasteiger partial charge in [-0.1, -0.05) is 35.4 Å². The SMILES string of the molecule is O=C(N[C@@H](Cc1ccccc1)c1nnc(N2CCCC2)o1)C1CC1. The Bertz CT molecular complexity index is 690. The zero-order valence-corrected chi connectivity index (χ0v) is 13.6. The normalized spacial score (nSPS) is 18.6. The molecule has 1 aliphatic heterocycles. The predicted octanol–water partition coefficient (Wildman–Crippen LogP) is 2.48. The van der Waals surface area contributed by atoms with Gasteiger partial charge >= 0.3 is 6.01 Å². The molecule has 1 aliphatic carbocycles. The summed E-state index contributed by atoms with van der Waals surface area (Å²) in [5.41, 5.74) is 1.14. The largest absolute Gasteiger partial charge is 0.406 e. The number of anilines is 1. The lowest BCUT2D eigenvalue weighted by Gasteiger charge is -2.16. The quantitative estimate of drug-likeness (QED) is 0.883. The number of nitrogens with zero attached hydrogens (tertiary/aromatic N) is 3. The van der Waals surface area contributed by atoms with Crippen molar-refractivity contribution in [3.05, 3.63) is 41.8 Å². The van der Waals surface area contributed by atoms with Gasteiger partial charge < -0.3 is 14.6 Å². The fourth-order valence-electron chi connectivity index (χ4n) is 3.09. The van der Waals surface area contributed by atoms with E-state index in [-0.39, 0.29) is 17.9 Å². The third-order valence-corrected chi connectivity index (χ3v) is 4.65. The number of nitrogens with one attached hydrogen (secondary N) is 1. The molecule has 1 aromatic carbocycles. The summed E-state index contributed by atoms with van der Waals surface area (Å²) in [6, 6.07) is 10.4. The van der Waals surface area contributed by atoms with E-state index < -0.39 is 0 Å². The van der Waals surface area contributed by atoms with Gasteiger partial charge in [-0.2, -0.15) is 0 Å². The van der Waals surface area contributed by atoms with Crippen LogP contribution in [0.15, 0.2) is 34.7 Å². The van der Waals surface area contributed by atoms with Crippen LogP contribution < -0.4 is 10.2 Å². The molecule has 4 rings (SSSR count). The molecule has 1 N–H and O–H groups in total. The van der Waals surface area contributed by atoms with E-state index in [1.165, 1.54) is 0 Å². The summed E-state index contributed by atoms with van der Waals surface area (Å²) < 4.78 is 5.89. The van der Waals surface area contributed by atoms with Gasteiger partial charge in [0.05, 0.1) is 0 Å². The number of rotatable bonds is 6. The first-order chi connectivity index (χ1) is 11.8. The first-order valence-electron chi connectivity index (χ1n) is 8.72. The second-order valence-electron chi connectivity index (χ2n) is 6.64.